The molecule has 1 amide bonds. The zero-order chi connectivity index (χ0) is 26.3. The molecule has 0 saturated carbocycles. The average molecular weight is 507 g/mol. The first-order valence-corrected chi connectivity index (χ1v) is 16.3. The summed E-state index contributed by atoms with van der Waals surface area (Å²) in [5, 5.41) is 8.82. The Bertz CT molecular complexity index is 1410. The molecule has 4 rings (SSSR count). The Kier molecular flexibility index (Phi) is 7.07. The molecule has 8 nitrogen and oxygen atoms in total. The van der Waals surface area contributed by atoms with Crippen molar-refractivity contribution in [2.24, 2.45) is 7.05 Å². The van der Waals surface area contributed by atoms with Gasteiger partial charge in [0.25, 0.3) is 5.91 Å². The molecule has 3 heterocycles. The molecular weight excluding hydrogens is 468 g/mol. The molecule has 0 saturated heterocycles. The molecule has 1 aromatic carbocycles. The Balaban J connectivity index is 1.76. The minimum atomic E-state index is -1.20. The molecule has 0 atom stereocenters. The first-order chi connectivity index (χ1) is 16.9. The van der Waals surface area contributed by atoms with Gasteiger partial charge in [-0.2, -0.15) is 5.10 Å². The zero-order valence-corrected chi connectivity index (χ0v) is 23.8. The Morgan fingerprint density at radius 2 is 1.94 bits per heavy atom. The standard InChI is InChI=1S/C27H38N6O2Si/c1-9-18-10-11-19-22(14-18)32(5)31-23(19)21-15-28-25-24(29-21)20(26(34)30-27(2,3)4)16-33(25)17-35-12-13-36(6,7)8/h10-11,14-16H,9,12-13,17H2,1-8H3,(H,30,34). The Hall–Kier alpha value is -3.04. The fraction of sp³-hybridized carbons (Fsp3) is 0.481. The van der Waals surface area contributed by atoms with Crippen LogP contribution in [0.5, 0.6) is 0 Å². The van der Waals surface area contributed by atoms with Gasteiger partial charge in [-0.15, -0.1) is 0 Å². The van der Waals surface area contributed by atoms with E-state index in [2.05, 4.69) is 50.1 Å². The zero-order valence-electron chi connectivity index (χ0n) is 22.8. The predicted molar refractivity (Wildman–Crippen MR) is 148 cm³/mol. The molecule has 4 aromatic rings. The number of nitrogens with one attached hydrogen (secondary N) is 1. The summed E-state index contributed by atoms with van der Waals surface area (Å²) in [6.07, 6.45) is 4.50. The first-order valence-electron chi connectivity index (χ1n) is 12.6. The minimum Gasteiger partial charge on any atom is -0.361 e. The molecule has 0 unspecified atom stereocenters. The third-order valence-corrected chi connectivity index (χ3v) is 7.80. The number of aromatic nitrogens is 5. The maximum atomic E-state index is 13.2. The number of hydrogen-bond acceptors (Lipinski definition) is 5. The summed E-state index contributed by atoms with van der Waals surface area (Å²) < 4.78 is 9.73. The number of amides is 1. The van der Waals surface area contributed by atoms with Gasteiger partial charge >= 0.3 is 0 Å². The second-order valence-electron chi connectivity index (χ2n) is 11.7. The number of aryl methyl sites for hydroxylation is 2. The summed E-state index contributed by atoms with van der Waals surface area (Å²) in [4.78, 5) is 22.9. The first kappa shape index (κ1) is 26.0. The van der Waals surface area contributed by atoms with Gasteiger partial charge in [0.1, 0.15) is 23.6 Å². The average Bonchev–Trinajstić information content (AvgIpc) is 3.32. The molecule has 192 valence electrons. The van der Waals surface area contributed by atoms with Crippen LogP contribution >= 0.6 is 0 Å². The maximum Gasteiger partial charge on any atom is 0.255 e. The monoisotopic (exact) mass is 506 g/mol. The molecule has 0 bridgehead atoms. The van der Waals surface area contributed by atoms with Crippen molar-refractivity contribution in [1.29, 1.82) is 0 Å². The summed E-state index contributed by atoms with van der Waals surface area (Å²) in [6, 6.07) is 7.45. The van der Waals surface area contributed by atoms with Crippen LogP contribution in [0.2, 0.25) is 25.7 Å². The van der Waals surface area contributed by atoms with E-state index in [1.165, 1.54) is 5.56 Å². The lowest BCUT2D eigenvalue weighted by atomic mass is 10.1. The highest BCUT2D eigenvalue weighted by atomic mass is 28.3. The van der Waals surface area contributed by atoms with Crippen LogP contribution in [0, 0.1) is 0 Å². The van der Waals surface area contributed by atoms with Crippen molar-refractivity contribution in [3.05, 3.63) is 41.7 Å². The summed E-state index contributed by atoms with van der Waals surface area (Å²) in [5.74, 6) is -0.182. The van der Waals surface area contributed by atoms with Crippen molar-refractivity contribution in [1.82, 2.24) is 29.6 Å². The lowest BCUT2D eigenvalue weighted by molar-refractivity contribution is 0.0886. The molecule has 0 radical (unpaired) electrons. The van der Waals surface area contributed by atoms with Crippen LogP contribution < -0.4 is 5.32 Å². The van der Waals surface area contributed by atoms with Crippen molar-refractivity contribution in [3.63, 3.8) is 0 Å². The van der Waals surface area contributed by atoms with Crippen LogP contribution in [0.4, 0.5) is 0 Å². The van der Waals surface area contributed by atoms with Crippen molar-refractivity contribution in [2.75, 3.05) is 6.61 Å². The molecular formula is C27H38N6O2Si. The fourth-order valence-corrected chi connectivity index (χ4v) is 4.85. The molecule has 9 heteroatoms. The van der Waals surface area contributed by atoms with Gasteiger partial charge in [-0.25, -0.2) is 9.97 Å². The lowest BCUT2D eigenvalue weighted by Crippen LogP contribution is -2.40. The largest absolute Gasteiger partial charge is 0.361 e. The van der Waals surface area contributed by atoms with E-state index in [0.29, 0.717) is 35.8 Å². The Morgan fingerprint density at radius 1 is 1.19 bits per heavy atom. The predicted octanol–water partition coefficient (Wildman–Crippen LogP) is 5.39. The lowest BCUT2D eigenvalue weighted by Gasteiger charge is -2.20. The van der Waals surface area contributed by atoms with Crippen molar-refractivity contribution in [3.8, 4) is 11.4 Å². The number of nitrogens with zero attached hydrogens (tertiary/aromatic N) is 5. The third-order valence-electron chi connectivity index (χ3n) is 6.09. The molecule has 3 aromatic heterocycles. The van der Waals surface area contributed by atoms with Gasteiger partial charge in [-0.05, 0) is 44.9 Å². The van der Waals surface area contributed by atoms with Crippen LogP contribution in [0.15, 0.2) is 30.6 Å². The number of fused-ring (bicyclic) bond motifs is 2. The van der Waals surface area contributed by atoms with Gasteiger partial charge in [0.15, 0.2) is 5.65 Å². The summed E-state index contributed by atoms with van der Waals surface area (Å²) in [7, 11) is 0.743. The highest BCUT2D eigenvalue weighted by Gasteiger charge is 2.23. The van der Waals surface area contributed by atoms with Gasteiger partial charge in [-0.3, -0.25) is 9.48 Å². The molecule has 0 spiro atoms. The van der Waals surface area contributed by atoms with Gasteiger partial charge in [0.05, 0.1) is 17.3 Å². The van der Waals surface area contributed by atoms with E-state index in [1.54, 1.807) is 12.4 Å². The van der Waals surface area contributed by atoms with Crippen LogP contribution in [0.1, 0.15) is 43.6 Å². The highest BCUT2D eigenvalue weighted by molar-refractivity contribution is 6.76. The van der Waals surface area contributed by atoms with E-state index in [1.807, 2.05) is 37.1 Å². The van der Waals surface area contributed by atoms with Crippen LogP contribution in [-0.4, -0.2) is 50.4 Å². The number of ether oxygens (including phenoxy) is 1. The van der Waals surface area contributed by atoms with Crippen LogP contribution in [0.25, 0.3) is 33.5 Å². The van der Waals surface area contributed by atoms with E-state index in [-0.39, 0.29) is 11.4 Å². The Morgan fingerprint density at radius 3 is 2.61 bits per heavy atom. The van der Waals surface area contributed by atoms with E-state index < -0.39 is 8.07 Å². The molecule has 0 aliphatic heterocycles. The normalized spacial score (nSPS) is 12.6. The summed E-state index contributed by atoms with van der Waals surface area (Å²) >= 11 is 0. The molecule has 1 N–H and O–H groups in total. The van der Waals surface area contributed by atoms with Crippen molar-refractivity contribution < 1.29 is 9.53 Å². The second-order valence-corrected chi connectivity index (χ2v) is 17.3. The smallest absolute Gasteiger partial charge is 0.255 e. The van der Waals surface area contributed by atoms with Gasteiger partial charge in [0.2, 0.25) is 0 Å². The van der Waals surface area contributed by atoms with Crippen LogP contribution in [0.3, 0.4) is 0 Å². The van der Waals surface area contributed by atoms with E-state index in [4.69, 9.17) is 19.8 Å². The molecule has 0 aliphatic carbocycles. The highest BCUT2D eigenvalue weighted by Crippen LogP contribution is 2.29. The van der Waals surface area contributed by atoms with Gasteiger partial charge in [0, 0.05) is 38.9 Å². The van der Waals surface area contributed by atoms with Crippen molar-refractivity contribution >= 4 is 36.0 Å². The number of carbonyl (C=O) groups is 1. The third kappa shape index (κ3) is 5.68. The summed E-state index contributed by atoms with van der Waals surface area (Å²) in [5.41, 5.74) is 4.98. The SMILES string of the molecule is CCc1ccc2c(-c3cnc4c(n3)c(C(=O)NC(C)(C)C)cn4COCC[Si](C)(C)C)nn(C)c2c1. The minimum absolute atomic E-state index is 0.182. The molecule has 0 aliphatic rings. The topological polar surface area (TPSA) is 86.9 Å². The fourth-order valence-electron chi connectivity index (χ4n) is 4.09. The summed E-state index contributed by atoms with van der Waals surface area (Å²) in [6.45, 7) is 16.0. The molecule has 0 fully saturated rings. The van der Waals surface area contributed by atoms with E-state index >= 15 is 0 Å². The van der Waals surface area contributed by atoms with Crippen molar-refractivity contribution in [2.45, 2.75) is 72.1 Å². The Labute approximate surface area is 214 Å². The maximum absolute atomic E-state index is 13.2. The number of carbonyl (C=O) groups excluding carboxylic acids is 1. The number of benzene rings is 1. The number of hydrogen-bond donors (Lipinski definition) is 1. The van der Waals surface area contributed by atoms with Gasteiger partial charge in [-0.1, -0.05) is 38.7 Å². The van der Waals surface area contributed by atoms with Gasteiger partial charge < -0.3 is 14.6 Å². The van der Waals surface area contributed by atoms with E-state index in [9.17, 15) is 4.79 Å². The second kappa shape index (κ2) is 9.78. The quantitative estimate of drug-likeness (QED) is 0.256. The molecule has 36 heavy (non-hydrogen) atoms. The number of rotatable bonds is 8. The van der Waals surface area contributed by atoms with E-state index in [0.717, 1.165) is 29.1 Å². The van der Waals surface area contributed by atoms with Crippen LogP contribution in [-0.2, 0) is 24.9 Å².